The first-order valence-corrected chi connectivity index (χ1v) is 7.94. The average molecular weight is 330 g/mol. The molecule has 0 atom stereocenters. The van der Waals surface area contributed by atoms with Crippen LogP contribution in [0.4, 0.5) is 0 Å². The molecule has 128 valence electrons. The molecule has 0 N–H and O–H groups in total. The van der Waals surface area contributed by atoms with E-state index in [1.165, 1.54) is 0 Å². The molecule has 0 amide bonds. The van der Waals surface area contributed by atoms with Crippen molar-refractivity contribution in [3.8, 4) is 5.75 Å². The summed E-state index contributed by atoms with van der Waals surface area (Å²) in [4.78, 5) is 23.8. The lowest BCUT2D eigenvalue weighted by atomic mass is 10.0. The van der Waals surface area contributed by atoms with E-state index in [2.05, 4.69) is 6.58 Å². The minimum absolute atomic E-state index is 0.157. The molecule has 1 aromatic heterocycles. The van der Waals surface area contributed by atoms with E-state index < -0.39 is 5.63 Å². The lowest BCUT2D eigenvalue weighted by Crippen LogP contribution is -2.14. The Morgan fingerprint density at radius 1 is 1.29 bits per heavy atom. The number of hydrogen-bond acceptors (Lipinski definition) is 5. The highest BCUT2D eigenvalue weighted by molar-refractivity contribution is 5.85. The molecule has 0 aliphatic rings. The quantitative estimate of drug-likeness (QED) is 0.442. The molecule has 24 heavy (non-hydrogen) atoms. The van der Waals surface area contributed by atoms with Crippen molar-refractivity contribution in [1.82, 2.24) is 0 Å². The van der Waals surface area contributed by atoms with Gasteiger partial charge in [0, 0.05) is 22.9 Å². The first-order valence-electron chi connectivity index (χ1n) is 7.94. The van der Waals surface area contributed by atoms with Crippen molar-refractivity contribution < 1.29 is 18.7 Å². The molecule has 0 bridgehead atoms. The van der Waals surface area contributed by atoms with E-state index in [0.717, 1.165) is 16.5 Å². The Labute approximate surface area is 140 Å². The number of benzene rings is 1. The molecule has 0 spiro atoms. The normalized spacial score (nSPS) is 10.6. The van der Waals surface area contributed by atoms with Crippen molar-refractivity contribution in [2.75, 3.05) is 13.2 Å². The van der Waals surface area contributed by atoms with Gasteiger partial charge in [-0.05, 0) is 44.9 Å². The molecule has 5 nitrogen and oxygen atoms in total. The largest absolute Gasteiger partial charge is 0.489 e. The maximum Gasteiger partial charge on any atom is 0.339 e. The van der Waals surface area contributed by atoms with E-state index in [0.29, 0.717) is 36.5 Å². The second kappa shape index (κ2) is 7.81. The Morgan fingerprint density at radius 3 is 2.71 bits per heavy atom. The Morgan fingerprint density at radius 2 is 2.04 bits per heavy atom. The predicted octanol–water partition coefficient (Wildman–Crippen LogP) is 3.47. The molecule has 0 aliphatic heterocycles. The molecule has 0 unspecified atom stereocenters. The fourth-order valence-corrected chi connectivity index (χ4v) is 2.63. The Hall–Kier alpha value is -2.56. The average Bonchev–Trinajstić information content (AvgIpc) is 2.55. The second-order valence-corrected chi connectivity index (χ2v) is 5.46. The van der Waals surface area contributed by atoms with Crippen LogP contribution in [0, 0.1) is 13.8 Å². The van der Waals surface area contributed by atoms with Crippen molar-refractivity contribution in [2.24, 2.45) is 0 Å². The number of carbonyl (C=O) groups is 1. The van der Waals surface area contributed by atoms with Crippen molar-refractivity contribution >= 4 is 16.9 Å². The predicted molar refractivity (Wildman–Crippen MR) is 92.6 cm³/mol. The molecule has 0 saturated carbocycles. The van der Waals surface area contributed by atoms with Gasteiger partial charge in [0.2, 0.25) is 0 Å². The molecule has 1 heterocycles. The molecule has 0 saturated heterocycles. The lowest BCUT2D eigenvalue weighted by Gasteiger charge is -2.12. The monoisotopic (exact) mass is 330 g/mol. The summed E-state index contributed by atoms with van der Waals surface area (Å²) in [5.74, 6) is 0.338. The van der Waals surface area contributed by atoms with Gasteiger partial charge in [0.15, 0.2) is 0 Å². The first kappa shape index (κ1) is 17.8. The minimum atomic E-state index is -0.423. The lowest BCUT2D eigenvalue weighted by molar-refractivity contribution is -0.143. The van der Waals surface area contributed by atoms with Crippen LogP contribution in [0.5, 0.6) is 5.75 Å². The summed E-state index contributed by atoms with van der Waals surface area (Å²) in [6, 6.07) is 3.72. The van der Waals surface area contributed by atoms with Gasteiger partial charge in [-0.3, -0.25) is 4.79 Å². The summed E-state index contributed by atoms with van der Waals surface area (Å²) in [5, 5.41) is 0.844. The maximum atomic E-state index is 12.3. The van der Waals surface area contributed by atoms with Gasteiger partial charge in [-0.1, -0.05) is 12.7 Å². The SMILES string of the molecule is C=CCOc1ccc2c(C)c(CCC(=O)OCC)c(=O)oc2c1C. The smallest absolute Gasteiger partial charge is 0.339 e. The Kier molecular flexibility index (Phi) is 5.79. The van der Waals surface area contributed by atoms with Crippen LogP contribution in [0.25, 0.3) is 11.0 Å². The van der Waals surface area contributed by atoms with E-state index in [4.69, 9.17) is 13.9 Å². The van der Waals surface area contributed by atoms with Crippen LogP contribution in [-0.4, -0.2) is 19.2 Å². The van der Waals surface area contributed by atoms with E-state index in [1.807, 2.05) is 26.0 Å². The second-order valence-electron chi connectivity index (χ2n) is 5.46. The van der Waals surface area contributed by atoms with Gasteiger partial charge in [-0.2, -0.15) is 0 Å². The highest BCUT2D eigenvalue weighted by Crippen LogP contribution is 2.29. The highest BCUT2D eigenvalue weighted by atomic mass is 16.5. The number of hydrogen-bond donors (Lipinski definition) is 0. The van der Waals surface area contributed by atoms with Crippen molar-refractivity contribution in [2.45, 2.75) is 33.6 Å². The highest BCUT2D eigenvalue weighted by Gasteiger charge is 2.16. The zero-order valence-corrected chi connectivity index (χ0v) is 14.3. The van der Waals surface area contributed by atoms with Crippen LogP contribution in [-0.2, 0) is 16.0 Å². The van der Waals surface area contributed by atoms with Crippen molar-refractivity contribution in [1.29, 1.82) is 0 Å². The van der Waals surface area contributed by atoms with Gasteiger partial charge in [0.1, 0.15) is 17.9 Å². The minimum Gasteiger partial charge on any atom is -0.489 e. The third-order valence-corrected chi connectivity index (χ3v) is 3.90. The van der Waals surface area contributed by atoms with Crippen LogP contribution in [0.3, 0.4) is 0 Å². The summed E-state index contributed by atoms with van der Waals surface area (Å²) >= 11 is 0. The summed E-state index contributed by atoms with van der Waals surface area (Å²) in [6.07, 6.45) is 2.12. The van der Waals surface area contributed by atoms with Gasteiger partial charge in [0.25, 0.3) is 0 Å². The van der Waals surface area contributed by atoms with Crippen LogP contribution in [0.2, 0.25) is 0 Å². The zero-order chi connectivity index (χ0) is 17.7. The number of aryl methyl sites for hydroxylation is 2. The summed E-state index contributed by atoms with van der Waals surface area (Å²) in [7, 11) is 0. The van der Waals surface area contributed by atoms with Gasteiger partial charge in [0.05, 0.1) is 6.61 Å². The van der Waals surface area contributed by atoms with Gasteiger partial charge >= 0.3 is 11.6 Å². The zero-order valence-electron chi connectivity index (χ0n) is 14.3. The molecule has 5 heteroatoms. The van der Waals surface area contributed by atoms with Crippen molar-refractivity contribution in [3.05, 3.63) is 51.9 Å². The number of carbonyl (C=O) groups excluding carboxylic acids is 1. The third-order valence-electron chi connectivity index (χ3n) is 3.90. The Balaban J connectivity index is 2.41. The molecule has 2 rings (SSSR count). The molecule has 0 fully saturated rings. The number of ether oxygens (including phenoxy) is 2. The van der Waals surface area contributed by atoms with Gasteiger partial charge < -0.3 is 13.9 Å². The van der Waals surface area contributed by atoms with Gasteiger partial charge in [-0.15, -0.1) is 0 Å². The van der Waals surface area contributed by atoms with E-state index in [9.17, 15) is 9.59 Å². The summed E-state index contributed by atoms with van der Waals surface area (Å²) in [6.45, 7) is 9.80. The van der Waals surface area contributed by atoms with Crippen molar-refractivity contribution in [3.63, 3.8) is 0 Å². The molecular weight excluding hydrogens is 308 g/mol. The van der Waals surface area contributed by atoms with Crippen LogP contribution >= 0.6 is 0 Å². The van der Waals surface area contributed by atoms with Crippen LogP contribution in [0.1, 0.15) is 30.0 Å². The fraction of sp³-hybridized carbons (Fsp3) is 0.368. The molecule has 2 aromatic rings. The molecule has 1 aromatic carbocycles. The molecule has 0 aliphatic carbocycles. The molecular formula is C19H22O5. The first-order chi connectivity index (χ1) is 11.5. The van der Waals surface area contributed by atoms with E-state index in [-0.39, 0.29) is 12.4 Å². The van der Waals surface area contributed by atoms with Gasteiger partial charge in [-0.25, -0.2) is 4.79 Å². The topological polar surface area (TPSA) is 65.7 Å². The maximum absolute atomic E-state index is 12.3. The molecule has 0 radical (unpaired) electrons. The number of fused-ring (bicyclic) bond motifs is 1. The number of rotatable bonds is 7. The third kappa shape index (κ3) is 3.67. The van der Waals surface area contributed by atoms with E-state index >= 15 is 0 Å². The Bertz CT molecular complexity index is 817. The summed E-state index contributed by atoms with van der Waals surface area (Å²) in [5.41, 5.74) is 2.19. The van der Waals surface area contributed by atoms with Crippen LogP contribution < -0.4 is 10.4 Å². The van der Waals surface area contributed by atoms with Crippen LogP contribution in [0.15, 0.2) is 34.0 Å². The number of esters is 1. The standard InChI is InChI=1S/C19H22O5/c1-5-11-23-16-9-7-14-12(3)15(8-10-17(20)22-6-2)19(21)24-18(14)13(16)4/h5,7,9H,1,6,8,10-11H2,2-4H3. The summed E-state index contributed by atoms with van der Waals surface area (Å²) < 4.78 is 16.0. The fourth-order valence-electron chi connectivity index (χ4n) is 2.63. The van der Waals surface area contributed by atoms with E-state index in [1.54, 1.807) is 13.0 Å².